The highest BCUT2D eigenvalue weighted by Gasteiger charge is 2.68. The number of methoxy groups -OCH3 is 1. The molecule has 374 valence electrons. The lowest BCUT2D eigenvalue weighted by atomic mass is 9.43. The van der Waals surface area contributed by atoms with Gasteiger partial charge in [-0.2, -0.15) is 0 Å². The number of rotatable bonds is 12. The molecule has 0 unspecified atom stereocenters. The van der Waals surface area contributed by atoms with Crippen LogP contribution < -0.4 is 0 Å². The Kier molecular flexibility index (Phi) is 14.7. The minimum absolute atomic E-state index is 0.0594. The van der Waals surface area contributed by atoms with Crippen LogP contribution in [0.15, 0.2) is 11.6 Å². The van der Waals surface area contributed by atoms with Gasteiger partial charge in [0.25, 0.3) is 0 Å². The molecule has 23 atom stereocenters. The average molecular weight is 943 g/mol. The summed E-state index contributed by atoms with van der Waals surface area (Å²) in [6, 6.07) is 0. The van der Waals surface area contributed by atoms with Gasteiger partial charge in [-0.25, -0.2) is 4.79 Å². The van der Waals surface area contributed by atoms with E-state index in [-0.39, 0.29) is 40.7 Å². The molecule has 0 aromatic heterocycles. The second-order valence-corrected chi connectivity index (χ2v) is 20.6. The molecule has 8 rings (SSSR count). The first kappa shape index (κ1) is 50.0. The molecule has 4 aliphatic heterocycles. The highest BCUT2D eigenvalue weighted by molar-refractivity contribution is 5.85. The fraction of sp³-hybridized carbons (Fsp3) is 0.891. The molecule has 20 nitrogen and oxygen atoms in total. The first-order valence-electron chi connectivity index (χ1n) is 23.6. The monoisotopic (exact) mass is 942 g/mol. The van der Waals surface area contributed by atoms with E-state index in [2.05, 4.69) is 13.8 Å². The van der Waals surface area contributed by atoms with E-state index in [9.17, 15) is 50.1 Å². The lowest BCUT2D eigenvalue weighted by molar-refractivity contribution is -0.345. The number of hydrogen-bond donors (Lipinski definition) is 7. The molecule has 0 amide bonds. The molecule has 7 N–H and O–H groups in total. The van der Waals surface area contributed by atoms with Crippen LogP contribution in [-0.4, -0.2) is 184 Å². The second-order valence-electron chi connectivity index (χ2n) is 20.6. The molecule has 20 heteroatoms. The number of esters is 3. The number of hydrogen-bond acceptors (Lipinski definition) is 20. The first-order chi connectivity index (χ1) is 31.2. The van der Waals surface area contributed by atoms with Crippen molar-refractivity contribution in [2.75, 3.05) is 26.9 Å². The third-order valence-electron chi connectivity index (χ3n) is 17.1. The normalized spacial score (nSPS) is 50.3. The molecular formula is C46H70O20. The van der Waals surface area contributed by atoms with E-state index < -0.39 is 123 Å². The first-order valence-corrected chi connectivity index (χ1v) is 23.6. The Morgan fingerprint density at radius 2 is 1.33 bits per heavy atom. The van der Waals surface area contributed by atoms with E-state index >= 15 is 0 Å². The quantitative estimate of drug-likeness (QED) is 0.0764. The van der Waals surface area contributed by atoms with Crippen LogP contribution in [0.4, 0.5) is 0 Å². The third-order valence-corrected chi connectivity index (χ3v) is 17.1. The van der Waals surface area contributed by atoms with Crippen molar-refractivity contribution in [2.45, 2.75) is 196 Å². The smallest absolute Gasteiger partial charge is 0.331 e. The maximum atomic E-state index is 12.6. The average Bonchev–Trinajstić information content (AvgIpc) is 3.82. The van der Waals surface area contributed by atoms with Crippen molar-refractivity contribution in [1.82, 2.24) is 0 Å². The Bertz CT molecular complexity index is 1800. The summed E-state index contributed by atoms with van der Waals surface area (Å²) in [4.78, 5) is 35.9. The number of aliphatic hydroxyl groups excluding tert-OH is 6. The van der Waals surface area contributed by atoms with Gasteiger partial charge in [0.05, 0.1) is 31.0 Å². The van der Waals surface area contributed by atoms with Crippen LogP contribution >= 0.6 is 0 Å². The summed E-state index contributed by atoms with van der Waals surface area (Å²) < 4.78 is 57.5. The van der Waals surface area contributed by atoms with Gasteiger partial charge in [-0.15, -0.1) is 0 Å². The van der Waals surface area contributed by atoms with Crippen molar-refractivity contribution in [3.63, 3.8) is 0 Å². The van der Waals surface area contributed by atoms with Crippen LogP contribution in [-0.2, 0) is 61.8 Å². The van der Waals surface area contributed by atoms with Gasteiger partial charge in [0.1, 0.15) is 61.5 Å². The standard InChI is InChI=1S/C46H70O20/c1-20-38(62-21(2)47)39(57-6)40(63-22(3)48)43(61-20)60-19-29-32(50)34(52)36(54)41(65-29)59-18-30-33(51)35(53)37(55)42(66-30)64-25-9-12-44(4)24(16-25)7-8-28-27(44)10-13-45(5)26(11-14-46(28,45)56)23-15-31(49)58-17-23/h15,20,24-30,32-43,50-56H,7-14,16-19H2,1-6H3/t20-,24-,25-,26-,27+,28-,29+,30-,32+,33-,34+,35-,36+,37-,38-,39+,40+,41+,42-,43+,44+,45-,46-/m0/s1. The van der Waals surface area contributed by atoms with Gasteiger partial charge in [-0.05, 0) is 99.4 Å². The Balaban J connectivity index is 0.869. The molecule has 0 bridgehead atoms. The number of carbonyl (C=O) groups is 3. The summed E-state index contributed by atoms with van der Waals surface area (Å²) in [7, 11) is 1.33. The Morgan fingerprint density at radius 1 is 0.712 bits per heavy atom. The number of aliphatic hydroxyl groups is 7. The van der Waals surface area contributed by atoms with Gasteiger partial charge < -0.3 is 83.1 Å². The van der Waals surface area contributed by atoms with Crippen LogP contribution in [0, 0.1) is 34.5 Å². The summed E-state index contributed by atoms with van der Waals surface area (Å²) in [5.41, 5.74) is -0.249. The van der Waals surface area contributed by atoms with Gasteiger partial charge in [-0.3, -0.25) is 9.59 Å². The van der Waals surface area contributed by atoms with Gasteiger partial charge in [0.15, 0.2) is 31.1 Å². The maximum absolute atomic E-state index is 12.6. The molecule has 0 radical (unpaired) electrons. The molecule has 8 aliphatic rings. The molecule has 0 aromatic rings. The number of fused-ring (bicyclic) bond motifs is 5. The van der Waals surface area contributed by atoms with E-state index in [1.807, 2.05) is 0 Å². The van der Waals surface area contributed by atoms with E-state index in [1.165, 1.54) is 14.0 Å². The fourth-order valence-electron chi connectivity index (χ4n) is 13.5. The lowest BCUT2D eigenvalue weighted by Crippen LogP contribution is -2.63. The van der Waals surface area contributed by atoms with Crippen LogP contribution in [0.2, 0.25) is 0 Å². The van der Waals surface area contributed by atoms with E-state index in [1.54, 1.807) is 13.0 Å². The van der Waals surface area contributed by atoms with Crippen LogP contribution in [0.1, 0.15) is 92.4 Å². The second kappa shape index (κ2) is 19.4. The molecular weight excluding hydrogens is 872 g/mol. The predicted molar refractivity (Wildman–Crippen MR) is 222 cm³/mol. The summed E-state index contributed by atoms with van der Waals surface area (Å²) in [6.07, 6.45) is -12.6. The van der Waals surface area contributed by atoms with E-state index in [0.717, 1.165) is 51.0 Å². The summed E-state index contributed by atoms with van der Waals surface area (Å²) in [5, 5.41) is 78.2. The Morgan fingerprint density at radius 3 is 1.95 bits per heavy atom. The summed E-state index contributed by atoms with van der Waals surface area (Å²) >= 11 is 0. The van der Waals surface area contributed by atoms with E-state index in [0.29, 0.717) is 31.8 Å². The third kappa shape index (κ3) is 8.99. The zero-order valence-electron chi connectivity index (χ0n) is 38.5. The zero-order chi connectivity index (χ0) is 47.6. The molecule has 0 aromatic carbocycles. The minimum atomic E-state index is -1.80. The lowest BCUT2D eigenvalue weighted by Gasteiger charge is -2.64. The predicted octanol–water partition coefficient (Wildman–Crippen LogP) is -0.0998. The highest BCUT2D eigenvalue weighted by Crippen LogP contribution is 2.70. The SMILES string of the molecule is CO[C@@H]1[C@@H](OC(C)=O)[C@H](C)O[C@@H](OC[C@H]2O[C@@H](OC[C@@H]3O[C@H](O[C@H]4CC[C@]5(C)[C@@H](CC[C@H]6[C@H]5CC[C@@]5(C)[C@H](C7=CC(=O)OC7)CC[C@]65O)C4)[C@@H](O)[C@@H](O)[C@H]3O)[C@H](O)[C@H](O)[C@@H]2O)[C@@H]1OC(C)=O. The van der Waals surface area contributed by atoms with Gasteiger partial charge in [0.2, 0.25) is 0 Å². The van der Waals surface area contributed by atoms with Gasteiger partial charge in [0, 0.05) is 32.4 Å². The van der Waals surface area contributed by atoms with Crippen molar-refractivity contribution in [2.24, 2.45) is 34.5 Å². The van der Waals surface area contributed by atoms with E-state index in [4.69, 9.17) is 47.4 Å². The van der Waals surface area contributed by atoms with Crippen molar-refractivity contribution in [3.8, 4) is 0 Å². The number of cyclic esters (lactones) is 1. The molecule has 4 aliphatic carbocycles. The van der Waals surface area contributed by atoms with Crippen molar-refractivity contribution in [1.29, 1.82) is 0 Å². The van der Waals surface area contributed by atoms with Crippen LogP contribution in [0.3, 0.4) is 0 Å². The molecule has 7 fully saturated rings. The van der Waals surface area contributed by atoms with Crippen molar-refractivity contribution < 1.29 is 97.5 Å². The molecule has 0 spiro atoms. The molecule has 4 saturated carbocycles. The van der Waals surface area contributed by atoms with Gasteiger partial charge in [-0.1, -0.05) is 13.8 Å². The summed E-state index contributed by atoms with van der Waals surface area (Å²) in [5.74, 6) is -0.830. The topological polar surface area (TPSA) is 285 Å². The van der Waals surface area contributed by atoms with Crippen LogP contribution in [0.25, 0.3) is 0 Å². The molecule has 66 heavy (non-hydrogen) atoms. The molecule has 3 saturated heterocycles. The zero-order valence-corrected chi connectivity index (χ0v) is 38.5. The fourth-order valence-corrected chi connectivity index (χ4v) is 13.5. The minimum Gasteiger partial charge on any atom is -0.458 e. The Labute approximate surface area is 384 Å². The Hall–Kier alpha value is -2.41. The van der Waals surface area contributed by atoms with Crippen LogP contribution in [0.5, 0.6) is 0 Å². The summed E-state index contributed by atoms with van der Waals surface area (Å²) in [6.45, 7) is 7.81. The largest absolute Gasteiger partial charge is 0.458 e. The maximum Gasteiger partial charge on any atom is 0.331 e. The number of ether oxygens (including phenoxy) is 10. The van der Waals surface area contributed by atoms with Gasteiger partial charge >= 0.3 is 17.9 Å². The number of carbonyl (C=O) groups excluding carboxylic acids is 3. The van der Waals surface area contributed by atoms with Crippen molar-refractivity contribution >= 4 is 17.9 Å². The van der Waals surface area contributed by atoms with Crippen molar-refractivity contribution in [3.05, 3.63) is 11.6 Å². The molecule has 4 heterocycles. The highest BCUT2D eigenvalue weighted by atomic mass is 16.8.